The molecular formula is C24H35IN4O2. The van der Waals surface area contributed by atoms with Crippen molar-refractivity contribution in [3.8, 4) is 11.5 Å². The Morgan fingerprint density at radius 3 is 2.42 bits per heavy atom. The van der Waals surface area contributed by atoms with Gasteiger partial charge in [-0.3, -0.25) is 4.90 Å². The number of nitrogens with zero attached hydrogens (tertiary/aromatic N) is 2. The number of benzene rings is 2. The highest BCUT2D eigenvalue weighted by molar-refractivity contribution is 14.0. The van der Waals surface area contributed by atoms with E-state index in [0.29, 0.717) is 24.0 Å². The second kappa shape index (κ2) is 12.8. The smallest absolute Gasteiger partial charge is 0.188 e. The molecular weight excluding hydrogens is 503 g/mol. The van der Waals surface area contributed by atoms with Crippen LogP contribution in [0.4, 0.5) is 0 Å². The molecule has 1 fully saturated rings. The number of likely N-dealkylation sites (tertiary alicyclic amines) is 1. The van der Waals surface area contributed by atoms with E-state index < -0.39 is 0 Å². The number of guanidine groups is 1. The van der Waals surface area contributed by atoms with Crippen LogP contribution in [0.5, 0.6) is 11.5 Å². The number of rotatable bonds is 8. The van der Waals surface area contributed by atoms with Gasteiger partial charge in [-0.1, -0.05) is 43.3 Å². The lowest BCUT2D eigenvalue weighted by atomic mass is 9.96. The maximum absolute atomic E-state index is 6.19. The molecule has 1 aliphatic rings. The standard InChI is InChI=1S/C24H34N4O2.HI/c1-18-11-13-28(14-12-18)21(20-7-5-4-6-8-20)17-27-24(25)26-16-19-9-10-22(29-2)23(15-19)30-3;/h4-10,15,18,21H,11-14,16-17H2,1-3H3,(H3,25,26,27);1H. The summed E-state index contributed by atoms with van der Waals surface area (Å²) in [6.07, 6.45) is 2.48. The highest BCUT2D eigenvalue weighted by atomic mass is 127. The zero-order chi connectivity index (χ0) is 21.3. The van der Waals surface area contributed by atoms with Gasteiger partial charge in [0.05, 0.1) is 26.8 Å². The van der Waals surface area contributed by atoms with Gasteiger partial charge in [-0.2, -0.15) is 0 Å². The Morgan fingerprint density at radius 1 is 1.10 bits per heavy atom. The van der Waals surface area contributed by atoms with Gasteiger partial charge >= 0.3 is 0 Å². The minimum Gasteiger partial charge on any atom is -0.493 e. The molecule has 0 aromatic heterocycles. The molecule has 0 radical (unpaired) electrons. The van der Waals surface area contributed by atoms with E-state index in [2.05, 4.69) is 52.5 Å². The fraction of sp³-hybridized carbons (Fsp3) is 0.458. The summed E-state index contributed by atoms with van der Waals surface area (Å²) in [6.45, 7) is 5.79. The minimum absolute atomic E-state index is 0. The van der Waals surface area contributed by atoms with Crippen LogP contribution in [0.1, 0.15) is 36.9 Å². The predicted molar refractivity (Wildman–Crippen MR) is 137 cm³/mol. The van der Waals surface area contributed by atoms with Crippen molar-refractivity contribution < 1.29 is 9.47 Å². The molecule has 0 aliphatic carbocycles. The number of hydrogen-bond acceptors (Lipinski definition) is 4. The quantitative estimate of drug-likeness (QED) is 0.300. The number of ether oxygens (including phenoxy) is 2. The van der Waals surface area contributed by atoms with Gasteiger partial charge in [0.1, 0.15) is 0 Å². The van der Waals surface area contributed by atoms with Crippen LogP contribution in [-0.2, 0) is 6.54 Å². The van der Waals surface area contributed by atoms with Gasteiger partial charge in [0, 0.05) is 6.54 Å². The summed E-state index contributed by atoms with van der Waals surface area (Å²) in [5.41, 5.74) is 8.52. The first-order valence-electron chi connectivity index (χ1n) is 10.6. The third-order valence-corrected chi connectivity index (χ3v) is 5.80. The first-order valence-corrected chi connectivity index (χ1v) is 10.6. The van der Waals surface area contributed by atoms with E-state index >= 15 is 0 Å². The second-order valence-corrected chi connectivity index (χ2v) is 7.92. The summed E-state index contributed by atoms with van der Waals surface area (Å²) in [7, 11) is 3.26. The zero-order valence-corrected chi connectivity index (χ0v) is 21.0. The Labute approximate surface area is 203 Å². The van der Waals surface area contributed by atoms with E-state index in [1.165, 1.54) is 18.4 Å². The van der Waals surface area contributed by atoms with Crippen molar-refractivity contribution in [1.82, 2.24) is 10.2 Å². The summed E-state index contributed by atoms with van der Waals surface area (Å²) < 4.78 is 10.6. The molecule has 1 unspecified atom stereocenters. The molecule has 1 saturated heterocycles. The van der Waals surface area contributed by atoms with Crippen molar-refractivity contribution in [1.29, 1.82) is 0 Å². The van der Waals surface area contributed by atoms with Crippen molar-refractivity contribution in [3.63, 3.8) is 0 Å². The van der Waals surface area contributed by atoms with Crippen LogP contribution in [0.2, 0.25) is 0 Å². The zero-order valence-electron chi connectivity index (χ0n) is 18.7. The average Bonchev–Trinajstić information content (AvgIpc) is 2.79. The van der Waals surface area contributed by atoms with Crippen molar-refractivity contribution >= 4 is 29.9 Å². The molecule has 0 amide bonds. The lowest BCUT2D eigenvalue weighted by molar-refractivity contribution is 0.138. The third kappa shape index (κ3) is 7.28. The highest BCUT2D eigenvalue weighted by Crippen LogP contribution is 2.28. The van der Waals surface area contributed by atoms with Crippen LogP contribution in [0.25, 0.3) is 0 Å². The molecule has 1 heterocycles. The van der Waals surface area contributed by atoms with Crippen LogP contribution >= 0.6 is 24.0 Å². The van der Waals surface area contributed by atoms with E-state index in [1.807, 2.05) is 18.2 Å². The van der Waals surface area contributed by atoms with Crippen LogP contribution < -0.4 is 20.5 Å². The van der Waals surface area contributed by atoms with E-state index in [1.54, 1.807) is 14.2 Å². The molecule has 0 spiro atoms. The number of aliphatic imine (C=N–C) groups is 1. The molecule has 6 nitrogen and oxygen atoms in total. The topological polar surface area (TPSA) is 72.1 Å². The average molecular weight is 538 g/mol. The molecule has 0 bridgehead atoms. The minimum atomic E-state index is 0. The normalized spacial score (nSPS) is 16.3. The molecule has 31 heavy (non-hydrogen) atoms. The van der Waals surface area contributed by atoms with Crippen LogP contribution in [0.3, 0.4) is 0 Å². The Hall–Kier alpha value is -2.00. The van der Waals surface area contributed by atoms with Gasteiger partial charge in [-0.25, -0.2) is 4.99 Å². The largest absolute Gasteiger partial charge is 0.493 e. The van der Waals surface area contributed by atoms with E-state index in [4.69, 9.17) is 15.2 Å². The number of hydrogen-bond donors (Lipinski definition) is 2. The van der Waals surface area contributed by atoms with Crippen molar-refractivity contribution in [2.24, 2.45) is 16.6 Å². The number of piperidine rings is 1. The SMILES string of the molecule is COc1ccc(CN=C(N)NCC(c2ccccc2)N2CCC(C)CC2)cc1OC.I. The fourth-order valence-corrected chi connectivity index (χ4v) is 3.89. The molecule has 1 atom stereocenters. The maximum Gasteiger partial charge on any atom is 0.188 e. The highest BCUT2D eigenvalue weighted by Gasteiger charge is 2.24. The summed E-state index contributed by atoms with van der Waals surface area (Å²) in [5, 5.41) is 3.34. The number of nitrogens with one attached hydrogen (secondary N) is 1. The molecule has 2 aromatic carbocycles. The molecule has 3 rings (SSSR count). The fourth-order valence-electron chi connectivity index (χ4n) is 3.89. The van der Waals surface area contributed by atoms with Crippen LogP contribution in [-0.4, -0.2) is 44.7 Å². The Bertz CT molecular complexity index is 824. The monoisotopic (exact) mass is 538 g/mol. The Balaban J connectivity index is 0.00000341. The van der Waals surface area contributed by atoms with Crippen molar-refractivity contribution in [2.45, 2.75) is 32.4 Å². The van der Waals surface area contributed by atoms with Gasteiger partial charge in [-0.15, -0.1) is 24.0 Å². The van der Waals surface area contributed by atoms with E-state index in [0.717, 1.165) is 31.1 Å². The summed E-state index contributed by atoms with van der Waals surface area (Å²) >= 11 is 0. The third-order valence-electron chi connectivity index (χ3n) is 5.80. The lowest BCUT2D eigenvalue weighted by Gasteiger charge is -2.37. The predicted octanol–water partition coefficient (Wildman–Crippen LogP) is 4.20. The van der Waals surface area contributed by atoms with Crippen LogP contribution in [0, 0.1) is 5.92 Å². The van der Waals surface area contributed by atoms with Crippen molar-refractivity contribution in [3.05, 3.63) is 59.7 Å². The van der Waals surface area contributed by atoms with E-state index in [9.17, 15) is 0 Å². The summed E-state index contributed by atoms with van der Waals surface area (Å²) in [6, 6.07) is 16.7. The molecule has 0 saturated carbocycles. The number of halogens is 1. The van der Waals surface area contributed by atoms with Gasteiger partial charge in [-0.05, 0) is 55.1 Å². The Kier molecular flexibility index (Phi) is 10.4. The van der Waals surface area contributed by atoms with Gasteiger partial charge in [0.2, 0.25) is 0 Å². The van der Waals surface area contributed by atoms with E-state index in [-0.39, 0.29) is 30.0 Å². The molecule has 2 aromatic rings. The molecule has 1 aliphatic heterocycles. The number of nitrogens with two attached hydrogens (primary N) is 1. The van der Waals surface area contributed by atoms with Crippen LogP contribution in [0.15, 0.2) is 53.5 Å². The first-order chi connectivity index (χ1) is 14.6. The molecule has 3 N–H and O–H groups in total. The summed E-state index contributed by atoms with van der Waals surface area (Å²) in [5.74, 6) is 2.66. The van der Waals surface area contributed by atoms with Gasteiger partial charge in [0.15, 0.2) is 17.5 Å². The van der Waals surface area contributed by atoms with Crippen molar-refractivity contribution in [2.75, 3.05) is 33.9 Å². The molecule has 7 heteroatoms. The Morgan fingerprint density at radius 2 is 1.77 bits per heavy atom. The van der Waals surface area contributed by atoms with Gasteiger partial charge < -0.3 is 20.5 Å². The second-order valence-electron chi connectivity index (χ2n) is 7.92. The lowest BCUT2D eigenvalue weighted by Crippen LogP contribution is -2.43. The first kappa shape index (κ1) is 25.3. The maximum atomic E-state index is 6.19. The number of methoxy groups -OCH3 is 2. The molecule has 170 valence electrons. The summed E-state index contributed by atoms with van der Waals surface area (Å²) in [4.78, 5) is 7.08. The van der Waals surface area contributed by atoms with Gasteiger partial charge in [0.25, 0.3) is 0 Å².